The Balaban J connectivity index is 0.988. The number of hydrogen-bond donors (Lipinski definition) is 2. The van der Waals surface area contributed by atoms with Crippen molar-refractivity contribution >= 4 is 35.1 Å². The molecule has 0 radical (unpaired) electrons. The van der Waals surface area contributed by atoms with Crippen molar-refractivity contribution in [2.75, 3.05) is 23.8 Å². The fourth-order valence-electron chi connectivity index (χ4n) is 6.10. The molecule has 2 aromatic heterocycles. The summed E-state index contributed by atoms with van der Waals surface area (Å²) in [4.78, 5) is 70.7. The molecule has 14 heteroatoms. The number of aromatic nitrogens is 4. The molecule has 2 aliphatic carbocycles. The van der Waals surface area contributed by atoms with Gasteiger partial charge in [-0.15, -0.1) is 0 Å². The molecule has 0 bridgehead atoms. The third kappa shape index (κ3) is 7.86. The first-order valence-electron chi connectivity index (χ1n) is 16.6. The zero-order valence-corrected chi connectivity index (χ0v) is 27.8. The third-order valence-corrected chi connectivity index (χ3v) is 8.54. The van der Waals surface area contributed by atoms with E-state index in [9.17, 15) is 19.2 Å². The minimum atomic E-state index is -0.804. The van der Waals surface area contributed by atoms with Crippen molar-refractivity contribution in [2.24, 2.45) is 11.8 Å². The fourth-order valence-corrected chi connectivity index (χ4v) is 6.10. The quantitative estimate of drug-likeness (QED) is 0.211. The Kier molecular flexibility index (Phi) is 10.6. The van der Waals surface area contributed by atoms with E-state index in [0.717, 1.165) is 12.2 Å². The lowest BCUT2D eigenvalue weighted by molar-refractivity contribution is -0.141. The molecule has 0 spiro atoms. The second-order valence-electron chi connectivity index (χ2n) is 11.8. The lowest BCUT2D eigenvalue weighted by Gasteiger charge is -2.22. The molecular weight excluding hydrogens is 644 g/mol. The zero-order valence-electron chi connectivity index (χ0n) is 27.8. The smallest absolute Gasteiger partial charge is 0.356 e. The first-order chi connectivity index (χ1) is 24.3. The number of para-hydroxylation sites is 4. The largest absolute Gasteiger partial charge is 0.492 e. The molecule has 0 saturated heterocycles. The van der Waals surface area contributed by atoms with Gasteiger partial charge in [-0.2, -0.15) is 9.46 Å². The molecule has 2 heterocycles. The topological polar surface area (TPSA) is 165 Å². The van der Waals surface area contributed by atoms with Crippen LogP contribution in [0, 0.1) is 11.8 Å². The highest BCUT2D eigenvalue weighted by Crippen LogP contribution is 2.30. The van der Waals surface area contributed by atoms with E-state index in [2.05, 4.69) is 20.6 Å². The van der Waals surface area contributed by atoms with Gasteiger partial charge in [0.25, 0.3) is 0 Å². The Morgan fingerprint density at radius 1 is 0.700 bits per heavy atom. The van der Waals surface area contributed by atoms with Crippen molar-refractivity contribution in [1.29, 1.82) is 0 Å². The molecule has 2 unspecified atom stereocenters. The summed E-state index contributed by atoms with van der Waals surface area (Å²) in [5.74, 6) is -1.30. The van der Waals surface area contributed by atoms with Crippen LogP contribution in [-0.4, -0.2) is 56.4 Å². The fraction of sp³-hybridized carbons (Fsp3) is 0.333. The normalized spacial score (nSPS) is 16.5. The lowest BCUT2D eigenvalue weighted by atomic mass is 9.89. The standard InChI is InChI=1S/C36H38N6O8/c1-3-47-31-11-7-5-9-25(31)39-35(45)23-13-15-29-27(19-23)37-21-41(29)49-33(43)17-18-34(44)50-42-22-38-28-20-24(14-16-30(28)42)36(46)40-26-10-6-8-12-32(26)48-4-2/h5-12,17-18,21-24H,3-4,13-16,19-20H2,1-2H3,(H,39,45)(H,40,46)/b18-17+. The molecule has 260 valence electrons. The van der Waals surface area contributed by atoms with Crippen molar-refractivity contribution in [3.05, 3.63) is 96.1 Å². The Morgan fingerprint density at radius 3 is 1.54 bits per heavy atom. The van der Waals surface area contributed by atoms with Gasteiger partial charge in [-0.25, -0.2) is 19.6 Å². The van der Waals surface area contributed by atoms with Crippen LogP contribution in [0.4, 0.5) is 11.4 Å². The number of carbonyl (C=O) groups excluding carboxylic acids is 4. The van der Waals surface area contributed by atoms with Crippen LogP contribution in [0.5, 0.6) is 11.5 Å². The lowest BCUT2D eigenvalue weighted by Crippen LogP contribution is -2.30. The first kappa shape index (κ1) is 34.0. The van der Waals surface area contributed by atoms with Crippen molar-refractivity contribution < 1.29 is 38.3 Å². The summed E-state index contributed by atoms with van der Waals surface area (Å²) in [5.41, 5.74) is 3.90. The molecule has 2 aromatic carbocycles. The second kappa shape index (κ2) is 15.5. The highest BCUT2D eigenvalue weighted by molar-refractivity contribution is 5.95. The van der Waals surface area contributed by atoms with Gasteiger partial charge in [0.15, 0.2) is 0 Å². The van der Waals surface area contributed by atoms with Crippen molar-refractivity contribution in [3.63, 3.8) is 0 Å². The van der Waals surface area contributed by atoms with E-state index in [-0.39, 0.29) is 23.7 Å². The Morgan fingerprint density at radius 2 is 1.12 bits per heavy atom. The van der Waals surface area contributed by atoms with Crippen LogP contribution in [-0.2, 0) is 44.9 Å². The van der Waals surface area contributed by atoms with E-state index in [0.29, 0.717) is 97.4 Å². The van der Waals surface area contributed by atoms with Crippen LogP contribution < -0.4 is 29.8 Å². The molecule has 4 aromatic rings. The highest BCUT2D eigenvalue weighted by Gasteiger charge is 2.31. The van der Waals surface area contributed by atoms with Crippen molar-refractivity contribution in [2.45, 2.75) is 52.4 Å². The summed E-state index contributed by atoms with van der Waals surface area (Å²) in [6.45, 7) is 4.72. The van der Waals surface area contributed by atoms with Gasteiger partial charge in [0.1, 0.15) is 24.2 Å². The van der Waals surface area contributed by atoms with E-state index >= 15 is 0 Å². The van der Waals surface area contributed by atoms with Gasteiger partial charge in [0.05, 0.1) is 47.4 Å². The maximum absolute atomic E-state index is 13.0. The number of amides is 2. The maximum Gasteiger partial charge on any atom is 0.356 e. The number of imidazole rings is 2. The number of nitrogens with zero attached hydrogens (tertiary/aromatic N) is 4. The Bertz CT molecular complexity index is 1780. The molecule has 14 nitrogen and oxygen atoms in total. The minimum Gasteiger partial charge on any atom is -0.492 e. The van der Waals surface area contributed by atoms with Gasteiger partial charge in [0, 0.05) is 36.8 Å². The SMILES string of the molecule is CCOc1ccccc1NC(=O)C1CCc2c(ncn2OC(=O)/C=C/C(=O)On2cnc3c2CCC(C(=O)Nc2ccccc2OCC)C3)C1. The van der Waals surface area contributed by atoms with E-state index in [1.54, 1.807) is 24.3 Å². The molecule has 2 amide bonds. The Hall–Kier alpha value is -5.92. The summed E-state index contributed by atoms with van der Waals surface area (Å²) in [7, 11) is 0. The maximum atomic E-state index is 13.0. The number of benzene rings is 2. The van der Waals surface area contributed by atoms with Crippen LogP contribution in [0.1, 0.15) is 49.5 Å². The van der Waals surface area contributed by atoms with Gasteiger partial charge in [0.2, 0.25) is 11.8 Å². The summed E-state index contributed by atoms with van der Waals surface area (Å²) in [6.07, 6.45) is 7.45. The number of ether oxygens (including phenoxy) is 2. The van der Waals surface area contributed by atoms with E-state index in [1.807, 2.05) is 38.1 Å². The summed E-state index contributed by atoms with van der Waals surface area (Å²) in [5, 5.41) is 5.90. The molecule has 2 atom stereocenters. The van der Waals surface area contributed by atoms with Crippen molar-refractivity contribution in [1.82, 2.24) is 19.4 Å². The van der Waals surface area contributed by atoms with E-state index in [1.165, 1.54) is 22.1 Å². The van der Waals surface area contributed by atoms with Gasteiger partial charge in [-0.05, 0) is 63.8 Å². The number of carbonyl (C=O) groups is 4. The number of fused-ring (bicyclic) bond motifs is 2. The molecule has 2 N–H and O–H groups in total. The molecule has 50 heavy (non-hydrogen) atoms. The summed E-state index contributed by atoms with van der Waals surface area (Å²) < 4.78 is 13.7. The molecule has 0 fully saturated rings. The zero-order chi connectivity index (χ0) is 35.0. The van der Waals surface area contributed by atoms with Gasteiger partial charge in [-0.1, -0.05) is 24.3 Å². The molecule has 6 rings (SSSR count). The second-order valence-corrected chi connectivity index (χ2v) is 11.8. The minimum absolute atomic E-state index is 0.139. The predicted octanol–water partition coefficient (Wildman–Crippen LogP) is 3.53. The molecule has 0 aliphatic heterocycles. The third-order valence-electron chi connectivity index (χ3n) is 8.54. The number of nitrogens with one attached hydrogen (secondary N) is 2. The Labute approximate surface area is 288 Å². The van der Waals surface area contributed by atoms with Crippen LogP contribution in [0.3, 0.4) is 0 Å². The molecule has 0 saturated carbocycles. The predicted molar refractivity (Wildman–Crippen MR) is 180 cm³/mol. The highest BCUT2D eigenvalue weighted by atomic mass is 16.7. The average molecular weight is 683 g/mol. The van der Waals surface area contributed by atoms with E-state index in [4.69, 9.17) is 19.1 Å². The van der Waals surface area contributed by atoms with Crippen LogP contribution in [0.25, 0.3) is 0 Å². The van der Waals surface area contributed by atoms with Crippen LogP contribution in [0.15, 0.2) is 73.3 Å². The van der Waals surface area contributed by atoms with Gasteiger partial charge in [-0.3, -0.25) is 9.59 Å². The monoisotopic (exact) mass is 682 g/mol. The van der Waals surface area contributed by atoms with Crippen LogP contribution >= 0.6 is 0 Å². The number of rotatable bonds is 12. The molecular formula is C36H38N6O8. The van der Waals surface area contributed by atoms with Gasteiger partial charge < -0.3 is 29.8 Å². The summed E-state index contributed by atoms with van der Waals surface area (Å²) in [6, 6.07) is 14.5. The summed E-state index contributed by atoms with van der Waals surface area (Å²) >= 11 is 0. The van der Waals surface area contributed by atoms with E-state index < -0.39 is 11.9 Å². The first-order valence-corrected chi connectivity index (χ1v) is 16.6. The molecule has 2 aliphatic rings. The average Bonchev–Trinajstić information content (AvgIpc) is 3.72. The number of hydrogen-bond acceptors (Lipinski definition) is 10. The van der Waals surface area contributed by atoms with Crippen molar-refractivity contribution in [3.8, 4) is 11.5 Å². The van der Waals surface area contributed by atoms with Gasteiger partial charge >= 0.3 is 11.9 Å². The number of anilines is 2. The van der Waals surface area contributed by atoms with Crippen LogP contribution in [0.2, 0.25) is 0 Å².